The Balaban J connectivity index is 3.13. The van der Waals surface area contributed by atoms with Crippen LogP contribution < -0.4 is 0 Å². The fourth-order valence-electron chi connectivity index (χ4n) is 3.05. The lowest BCUT2D eigenvalue weighted by Crippen LogP contribution is -2.51. The summed E-state index contributed by atoms with van der Waals surface area (Å²) < 4.78 is 6.66. The van der Waals surface area contributed by atoms with E-state index in [4.69, 9.17) is 10.8 Å². The molecule has 0 saturated heterocycles. The van der Waals surface area contributed by atoms with E-state index in [1.807, 2.05) is 0 Å². The van der Waals surface area contributed by atoms with Crippen LogP contribution >= 0.6 is 0 Å². The van der Waals surface area contributed by atoms with Gasteiger partial charge < -0.3 is 4.43 Å². The molecule has 0 aromatic carbocycles. The number of hydrogen-bond donors (Lipinski definition) is 0. The second-order valence-corrected chi connectivity index (χ2v) is 10.5. The third-order valence-corrected chi connectivity index (χ3v) is 9.54. The normalized spacial score (nSPS) is 20.1. The van der Waals surface area contributed by atoms with E-state index < -0.39 is 19.3 Å². The molecule has 0 N–H and O–H groups in total. The zero-order valence-electron chi connectivity index (χ0n) is 12.9. The van der Waals surface area contributed by atoms with Gasteiger partial charge in [0.15, 0.2) is 8.32 Å². The van der Waals surface area contributed by atoms with Crippen LogP contribution in [0.3, 0.4) is 0 Å². The molecule has 0 aromatic heterocycles. The van der Waals surface area contributed by atoms with Gasteiger partial charge >= 0.3 is 0 Å². The first kappa shape index (κ1) is 16.3. The van der Waals surface area contributed by atoms with Crippen LogP contribution in [-0.4, -0.2) is 13.9 Å². The van der Waals surface area contributed by atoms with E-state index in [0.29, 0.717) is 0 Å². The summed E-state index contributed by atoms with van der Waals surface area (Å²) >= 11 is 0. The van der Waals surface area contributed by atoms with Crippen LogP contribution in [0.1, 0.15) is 53.4 Å². The van der Waals surface area contributed by atoms with Gasteiger partial charge in [-0.15, -0.1) is 6.42 Å². The van der Waals surface area contributed by atoms with Gasteiger partial charge in [-0.1, -0.05) is 40.0 Å². The van der Waals surface area contributed by atoms with Crippen molar-refractivity contribution >= 4 is 8.32 Å². The molecular weight excluding hydrogens is 250 g/mol. The second kappa shape index (κ2) is 6.12. The molecule has 1 aliphatic carbocycles. The van der Waals surface area contributed by atoms with E-state index >= 15 is 0 Å². The molecule has 0 radical (unpaired) electrons. The molecule has 1 fully saturated rings. The highest BCUT2D eigenvalue weighted by atomic mass is 28.4. The average molecular weight is 277 g/mol. The molecule has 0 aliphatic heterocycles. The van der Waals surface area contributed by atoms with Gasteiger partial charge in [0.2, 0.25) is 0 Å². The summed E-state index contributed by atoms with van der Waals surface area (Å²) in [6.07, 6.45) is 9.44. The number of terminal acetylenes is 1. The first-order chi connectivity index (χ1) is 9.03. The van der Waals surface area contributed by atoms with E-state index in [0.717, 1.165) is 43.8 Å². The van der Waals surface area contributed by atoms with E-state index in [-0.39, 0.29) is 0 Å². The van der Waals surface area contributed by atoms with Gasteiger partial charge in [-0.25, -0.2) is 0 Å². The molecule has 0 unspecified atom stereocenters. The van der Waals surface area contributed by atoms with Gasteiger partial charge in [0, 0.05) is 0 Å². The Bertz CT molecular complexity index is 376. The fraction of sp³-hybridized carbons (Fsp3) is 0.812. The molecule has 3 heteroatoms. The maximum atomic E-state index is 9.55. The Kier molecular flexibility index (Phi) is 5.24. The topological polar surface area (TPSA) is 33.0 Å². The number of hydrogen-bond acceptors (Lipinski definition) is 2. The number of nitrogens with zero attached hydrogens (tertiary/aromatic N) is 1. The molecule has 19 heavy (non-hydrogen) atoms. The van der Waals surface area contributed by atoms with Crippen molar-refractivity contribution in [1.82, 2.24) is 0 Å². The van der Waals surface area contributed by atoms with Crippen LogP contribution in [0.25, 0.3) is 0 Å². The van der Waals surface area contributed by atoms with Crippen LogP contribution in [0.2, 0.25) is 18.1 Å². The highest BCUT2D eigenvalue weighted by Gasteiger charge is 2.61. The van der Waals surface area contributed by atoms with Crippen LogP contribution in [0.5, 0.6) is 0 Å². The van der Waals surface area contributed by atoms with Gasteiger partial charge in [-0.05, 0) is 37.4 Å². The summed E-state index contributed by atoms with van der Waals surface area (Å²) in [6, 6.07) is 5.71. The highest BCUT2D eigenvalue weighted by Crippen LogP contribution is 2.58. The van der Waals surface area contributed by atoms with E-state index in [9.17, 15) is 5.26 Å². The molecule has 1 atom stereocenters. The average Bonchev–Trinajstić information content (AvgIpc) is 3.25. The summed E-state index contributed by atoms with van der Waals surface area (Å²) in [5.41, 5.74) is -1.04. The van der Waals surface area contributed by atoms with Crippen LogP contribution in [0.15, 0.2) is 0 Å². The monoisotopic (exact) mass is 277 g/mol. The molecule has 0 heterocycles. The van der Waals surface area contributed by atoms with Crippen molar-refractivity contribution in [2.75, 3.05) is 0 Å². The molecule has 1 aliphatic rings. The Morgan fingerprint density at radius 3 is 2.00 bits per heavy atom. The van der Waals surface area contributed by atoms with Crippen LogP contribution in [-0.2, 0) is 4.43 Å². The molecule has 106 valence electrons. The zero-order valence-corrected chi connectivity index (χ0v) is 13.9. The van der Waals surface area contributed by atoms with Crippen molar-refractivity contribution in [2.24, 2.45) is 5.41 Å². The molecular formula is C16H27NOSi. The summed E-state index contributed by atoms with van der Waals surface area (Å²) in [5.74, 6) is 2.92. The van der Waals surface area contributed by atoms with Crippen molar-refractivity contribution in [3.63, 3.8) is 0 Å². The van der Waals surface area contributed by atoms with Crippen molar-refractivity contribution in [1.29, 1.82) is 5.26 Å². The SMILES string of the molecule is C#C[C@](CCC)(O[Si](CC)(CC)CC)C1(C#N)CC1. The maximum absolute atomic E-state index is 9.55. The predicted octanol–water partition coefficient (Wildman–Crippen LogP) is 4.48. The number of nitriles is 1. The summed E-state index contributed by atoms with van der Waals surface area (Å²) in [7, 11) is -1.79. The second-order valence-electron chi connectivity index (χ2n) is 5.76. The van der Waals surface area contributed by atoms with Gasteiger partial charge in [-0.3, -0.25) is 0 Å². The summed E-state index contributed by atoms with van der Waals surface area (Å²) in [5, 5.41) is 9.55. The Hall–Kier alpha value is -0.773. The van der Waals surface area contributed by atoms with E-state index in [2.05, 4.69) is 39.7 Å². The molecule has 0 aromatic rings. The van der Waals surface area contributed by atoms with Gasteiger partial charge in [0.05, 0.1) is 11.5 Å². The highest BCUT2D eigenvalue weighted by molar-refractivity contribution is 6.73. The molecule has 1 saturated carbocycles. The summed E-state index contributed by atoms with van der Waals surface area (Å²) in [6.45, 7) is 8.74. The standard InChI is InChI=1S/C16H27NOSi/c1-6-11-16(7-2,15(14-17)12-13-15)18-19(8-3,9-4)10-5/h2H,6,8-13H2,1,3-5H3/t16-/m1/s1. The van der Waals surface area contributed by atoms with Crippen molar-refractivity contribution in [3.05, 3.63) is 0 Å². The van der Waals surface area contributed by atoms with Crippen molar-refractivity contribution in [2.45, 2.75) is 77.1 Å². The van der Waals surface area contributed by atoms with Gasteiger partial charge in [0.1, 0.15) is 5.60 Å². The number of rotatable bonds is 8. The lowest BCUT2D eigenvalue weighted by atomic mass is 9.82. The predicted molar refractivity (Wildman–Crippen MR) is 82.0 cm³/mol. The van der Waals surface area contributed by atoms with E-state index in [1.54, 1.807) is 0 Å². The van der Waals surface area contributed by atoms with Crippen molar-refractivity contribution in [3.8, 4) is 18.4 Å². The first-order valence-corrected chi connectivity index (χ1v) is 10.1. The Morgan fingerprint density at radius 2 is 1.74 bits per heavy atom. The zero-order chi connectivity index (χ0) is 14.6. The summed E-state index contributed by atoms with van der Waals surface area (Å²) in [4.78, 5) is 0. The third kappa shape index (κ3) is 2.73. The molecule has 0 amide bonds. The lowest BCUT2D eigenvalue weighted by Gasteiger charge is -2.42. The Labute approximate surface area is 119 Å². The Morgan fingerprint density at radius 1 is 1.21 bits per heavy atom. The molecule has 0 spiro atoms. The lowest BCUT2D eigenvalue weighted by molar-refractivity contribution is 0.0541. The maximum Gasteiger partial charge on any atom is 0.194 e. The minimum Gasteiger partial charge on any atom is -0.399 e. The van der Waals surface area contributed by atoms with Crippen LogP contribution in [0.4, 0.5) is 0 Å². The minimum atomic E-state index is -1.79. The molecule has 1 rings (SSSR count). The quantitative estimate of drug-likeness (QED) is 0.484. The van der Waals surface area contributed by atoms with Gasteiger partial charge in [0.25, 0.3) is 0 Å². The molecule has 2 nitrogen and oxygen atoms in total. The smallest absolute Gasteiger partial charge is 0.194 e. The first-order valence-electron chi connectivity index (χ1n) is 7.62. The largest absolute Gasteiger partial charge is 0.399 e. The minimum absolute atomic E-state index is 0.407. The molecule has 0 bridgehead atoms. The fourth-order valence-corrected chi connectivity index (χ4v) is 6.08. The van der Waals surface area contributed by atoms with Gasteiger partial charge in [-0.2, -0.15) is 5.26 Å². The van der Waals surface area contributed by atoms with Crippen LogP contribution in [0, 0.1) is 29.1 Å². The van der Waals surface area contributed by atoms with Crippen molar-refractivity contribution < 1.29 is 4.43 Å². The van der Waals surface area contributed by atoms with E-state index in [1.165, 1.54) is 0 Å². The third-order valence-electron chi connectivity index (χ3n) is 4.90.